The number of amides is 1. The lowest BCUT2D eigenvalue weighted by Gasteiger charge is -2.55. The van der Waals surface area contributed by atoms with Crippen LogP contribution in [0.15, 0.2) is 40.9 Å². The molecule has 2 aromatic rings. The highest BCUT2D eigenvalue weighted by Gasteiger charge is 2.54. The number of nitrogens with one attached hydrogen (secondary N) is 1. The van der Waals surface area contributed by atoms with Crippen LogP contribution in [0.25, 0.3) is 11.3 Å². The summed E-state index contributed by atoms with van der Waals surface area (Å²) in [5, 5.41) is 3.02. The molecule has 4 aliphatic rings. The standard InChI is InChI=1S/C24H28N2O4/c27-22(29-15-21-26-14-20(30-21)19-4-2-1-3-5-19)6-7-25-23(28)24-11-16-8-17(12-24)10-18(9-16)13-24/h1-5,14,16-18H,6-13,15H2,(H,25,28). The molecular formula is C24H28N2O4. The highest BCUT2D eigenvalue weighted by atomic mass is 16.5. The van der Waals surface area contributed by atoms with Gasteiger partial charge in [-0.3, -0.25) is 9.59 Å². The van der Waals surface area contributed by atoms with Gasteiger partial charge in [-0.1, -0.05) is 30.3 Å². The van der Waals surface area contributed by atoms with Crippen LogP contribution in [0.3, 0.4) is 0 Å². The largest absolute Gasteiger partial charge is 0.456 e. The van der Waals surface area contributed by atoms with Crippen molar-refractivity contribution in [1.82, 2.24) is 10.3 Å². The number of hydrogen-bond acceptors (Lipinski definition) is 5. The second-order valence-corrected chi connectivity index (χ2v) is 9.35. The summed E-state index contributed by atoms with van der Waals surface area (Å²) < 4.78 is 10.9. The van der Waals surface area contributed by atoms with Crippen LogP contribution in [-0.4, -0.2) is 23.4 Å². The van der Waals surface area contributed by atoms with E-state index in [1.165, 1.54) is 19.3 Å². The average Bonchev–Trinajstić information content (AvgIpc) is 3.21. The summed E-state index contributed by atoms with van der Waals surface area (Å²) in [6.07, 6.45) is 8.81. The lowest BCUT2D eigenvalue weighted by Crippen LogP contribution is -2.53. The van der Waals surface area contributed by atoms with Gasteiger partial charge in [-0.2, -0.15) is 0 Å². The van der Waals surface area contributed by atoms with Crippen molar-refractivity contribution >= 4 is 11.9 Å². The number of rotatable bonds is 7. The zero-order chi connectivity index (χ0) is 20.6. The van der Waals surface area contributed by atoms with Gasteiger partial charge in [-0.25, -0.2) is 4.98 Å². The van der Waals surface area contributed by atoms with Crippen LogP contribution >= 0.6 is 0 Å². The molecule has 0 unspecified atom stereocenters. The van der Waals surface area contributed by atoms with Gasteiger partial charge in [-0.15, -0.1) is 0 Å². The zero-order valence-electron chi connectivity index (χ0n) is 17.1. The third kappa shape index (κ3) is 3.87. The number of oxazole rings is 1. The van der Waals surface area contributed by atoms with E-state index in [0.29, 0.717) is 18.2 Å². The van der Waals surface area contributed by atoms with E-state index in [4.69, 9.17) is 9.15 Å². The molecular weight excluding hydrogens is 380 g/mol. The first-order valence-corrected chi connectivity index (χ1v) is 11.0. The molecule has 1 N–H and O–H groups in total. The van der Waals surface area contributed by atoms with Crippen molar-refractivity contribution in [3.8, 4) is 11.3 Å². The van der Waals surface area contributed by atoms with Crippen LogP contribution in [-0.2, 0) is 20.9 Å². The molecule has 1 amide bonds. The molecule has 4 fully saturated rings. The van der Waals surface area contributed by atoms with Crippen molar-refractivity contribution in [2.24, 2.45) is 23.2 Å². The number of hydrogen-bond donors (Lipinski definition) is 1. The van der Waals surface area contributed by atoms with Crippen molar-refractivity contribution in [1.29, 1.82) is 0 Å². The predicted octanol–water partition coefficient (Wildman–Crippen LogP) is 4.11. The number of nitrogens with zero attached hydrogens (tertiary/aromatic N) is 1. The van der Waals surface area contributed by atoms with Gasteiger partial charge in [0.2, 0.25) is 11.8 Å². The fraction of sp³-hybridized carbons (Fsp3) is 0.542. The number of aromatic nitrogens is 1. The third-order valence-corrected chi connectivity index (χ3v) is 7.10. The minimum atomic E-state index is -0.361. The molecule has 0 radical (unpaired) electrons. The molecule has 1 heterocycles. The molecule has 0 spiro atoms. The Morgan fingerprint density at radius 2 is 1.73 bits per heavy atom. The molecule has 30 heavy (non-hydrogen) atoms. The first-order valence-electron chi connectivity index (χ1n) is 11.0. The van der Waals surface area contributed by atoms with Gasteiger partial charge >= 0.3 is 5.97 Å². The Kier molecular flexibility index (Phi) is 5.09. The predicted molar refractivity (Wildman–Crippen MR) is 110 cm³/mol. The van der Waals surface area contributed by atoms with Crippen molar-refractivity contribution in [3.63, 3.8) is 0 Å². The fourth-order valence-electron chi connectivity index (χ4n) is 6.18. The van der Waals surface area contributed by atoms with Crippen LogP contribution in [0.4, 0.5) is 0 Å². The monoisotopic (exact) mass is 408 g/mol. The van der Waals surface area contributed by atoms with Crippen LogP contribution < -0.4 is 5.32 Å². The number of benzene rings is 1. The van der Waals surface area contributed by atoms with E-state index < -0.39 is 0 Å². The molecule has 4 bridgehead atoms. The summed E-state index contributed by atoms with van der Waals surface area (Å²) in [5.74, 6) is 2.98. The molecule has 158 valence electrons. The average molecular weight is 408 g/mol. The van der Waals surface area contributed by atoms with E-state index in [9.17, 15) is 9.59 Å². The SMILES string of the molecule is O=C(CCNC(=O)C12CC3CC(CC(C3)C1)C2)OCc1ncc(-c2ccccc2)o1. The maximum atomic E-state index is 12.9. The van der Waals surface area contributed by atoms with Crippen molar-refractivity contribution in [2.75, 3.05) is 6.54 Å². The lowest BCUT2D eigenvalue weighted by atomic mass is 9.49. The molecule has 0 aliphatic heterocycles. The van der Waals surface area contributed by atoms with E-state index in [1.807, 2.05) is 30.3 Å². The smallest absolute Gasteiger partial charge is 0.308 e. The zero-order valence-corrected chi connectivity index (χ0v) is 17.1. The number of carbonyl (C=O) groups is 2. The minimum Gasteiger partial charge on any atom is -0.456 e. The molecule has 6 rings (SSSR count). The molecule has 1 aromatic carbocycles. The number of ether oxygens (including phenoxy) is 1. The highest BCUT2D eigenvalue weighted by Crippen LogP contribution is 2.60. The molecule has 6 heteroatoms. The van der Waals surface area contributed by atoms with Crippen LogP contribution in [0.5, 0.6) is 0 Å². The first kappa shape index (κ1) is 19.3. The van der Waals surface area contributed by atoms with E-state index in [2.05, 4.69) is 10.3 Å². The second kappa shape index (κ2) is 7.89. The lowest BCUT2D eigenvalue weighted by molar-refractivity contribution is -0.147. The van der Waals surface area contributed by atoms with Crippen molar-refractivity contribution in [2.45, 2.75) is 51.6 Å². The number of esters is 1. The number of carbonyl (C=O) groups excluding carboxylic acids is 2. The van der Waals surface area contributed by atoms with Gasteiger partial charge in [0.05, 0.1) is 12.6 Å². The maximum absolute atomic E-state index is 12.9. The Hall–Kier alpha value is -2.63. The van der Waals surface area contributed by atoms with Gasteiger partial charge < -0.3 is 14.5 Å². The van der Waals surface area contributed by atoms with Gasteiger partial charge in [0.25, 0.3) is 0 Å². The maximum Gasteiger partial charge on any atom is 0.308 e. The fourth-order valence-corrected chi connectivity index (χ4v) is 6.18. The van der Waals surface area contributed by atoms with Gasteiger partial charge in [0.15, 0.2) is 12.4 Å². The Morgan fingerprint density at radius 1 is 1.07 bits per heavy atom. The third-order valence-electron chi connectivity index (χ3n) is 7.10. The summed E-state index contributed by atoms with van der Waals surface area (Å²) in [4.78, 5) is 29.2. The van der Waals surface area contributed by atoms with E-state index in [0.717, 1.165) is 42.6 Å². The molecule has 4 aliphatic carbocycles. The second-order valence-electron chi connectivity index (χ2n) is 9.35. The van der Waals surface area contributed by atoms with E-state index in [-0.39, 0.29) is 30.3 Å². The molecule has 4 saturated carbocycles. The van der Waals surface area contributed by atoms with Crippen molar-refractivity contribution < 1.29 is 18.7 Å². The Morgan fingerprint density at radius 3 is 2.40 bits per heavy atom. The van der Waals surface area contributed by atoms with E-state index in [1.54, 1.807) is 6.20 Å². The Bertz CT molecular complexity index is 885. The van der Waals surface area contributed by atoms with Crippen LogP contribution in [0, 0.1) is 23.2 Å². The normalized spacial score (nSPS) is 29.0. The van der Waals surface area contributed by atoms with E-state index >= 15 is 0 Å². The molecule has 0 saturated heterocycles. The van der Waals surface area contributed by atoms with Crippen LogP contribution in [0.2, 0.25) is 0 Å². The Labute approximate surface area is 176 Å². The van der Waals surface area contributed by atoms with Gasteiger partial charge in [-0.05, 0) is 56.3 Å². The van der Waals surface area contributed by atoms with Gasteiger partial charge in [0.1, 0.15) is 0 Å². The minimum absolute atomic E-state index is 0.00537. The summed E-state index contributed by atoms with van der Waals surface area (Å²) >= 11 is 0. The first-order chi connectivity index (χ1) is 14.6. The van der Waals surface area contributed by atoms with Crippen molar-refractivity contribution in [3.05, 3.63) is 42.4 Å². The highest BCUT2D eigenvalue weighted by molar-refractivity contribution is 5.83. The van der Waals surface area contributed by atoms with Gasteiger partial charge in [0, 0.05) is 17.5 Å². The summed E-state index contributed by atoms with van der Waals surface area (Å²) in [6.45, 7) is 0.314. The summed E-state index contributed by atoms with van der Waals surface area (Å²) in [5.41, 5.74) is 0.750. The Balaban J connectivity index is 1.07. The molecule has 1 aromatic heterocycles. The van der Waals surface area contributed by atoms with Crippen LogP contribution in [0.1, 0.15) is 50.8 Å². The summed E-state index contributed by atoms with van der Waals surface area (Å²) in [6, 6.07) is 9.65. The quantitative estimate of drug-likeness (QED) is 0.698. The summed E-state index contributed by atoms with van der Waals surface area (Å²) in [7, 11) is 0. The molecule has 0 atom stereocenters. The molecule has 6 nitrogen and oxygen atoms in total. The topological polar surface area (TPSA) is 81.4 Å².